The van der Waals surface area contributed by atoms with Crippen LogP contribution in [0.25, 0.3) is 0 Å². The molecule has 11 nitrogen and oxygen atoms in total. The SMILES string of the molecule is CSCCC(N)C(=O)NC(Cc1cnc[nH]1)C(=O)NC(CS)C(=O)NC(C(=O)O)C(C)C. The van der Waals surface area contributed by atoms with Crippen molar-refractivity contribution in [2.24, 2.45) is 11.7 Å². The van der Waals surface area contributed by atoms with Gasteiger partial charge in [-0.15, -0.1) is 0 Å². The first-order chi connectivity index (χ1) is 15.1. The monoisotopic (exact) mass is 488 g/mol. The quantitative estimate of drug-likeness (QED) is 0.166. The third kappa shape index (κ3) is 9.09. The van der Waals surface area contributed by atoms with Crippen molar-refractivity contribution in [3.8, 4) is 0 Å². The summed E-state index contributed by atoms with van der Waals surface area (Å²) in [5, 5.41) is 16.9. The number of amides is 3. The molecule has 0 fully saturated rings. The van der Waals surface area contributed by atoms with Crippen molar-refractivity contribution in [3.63, 3.8) is 0 Å². The molecule has 4 unspecified atom stereocenters. The highest BCUT2D eigenvalue weighted by molar-refractivity contribution is 7.98. The van der Waals surface area contributed by atoms with Crippen LogP contribution in [0.2, 0.25) is 0 Å². The third-order valence-corrected chi connectivity index (χ3v) is 5.64. The number of aromatic nitrogens is 2. The van der Waals surface area contributed by atoms with Gasteiger partial charge in [-0.25, -0.2) is 9.78 Å². The number of aromatic amines is 1. The summed E-state index contributed by atoms with van der Waals surface area (Å²) in [5.41, 5.74) is 6.50. The number of thiol groups is 1. The van der Waals surface area contributed by atoms with E-state index in [0.717, 1.165) is 0 Å². The maximum Gasteiger partial charge on any atom is 0.326 e. The fourth-order valence-electron chi connectivity index (χ4n) is 2.71. The lowest BCUT2D eigenvalue weighted by molar-refractivity contribution is -0.143. The normalized spacial score (nSPS) is 14.8. The molecule has 4 atom stereocenters. The summed E-state index contributed by atoms with van der Waals surface area (Å²) in [6.07, 6.45) is 5.40. The lowest BCUT2D eigenvalue weighted by atomic mass is 10.0. The van der Waals surface area contributed by atoms with Gasteiger partial charge in [0.1, 0.15) is 18.1 Å². The predicted octanol–water partition coefficient (Wildman–Crippen LogP) is -0.843. The number of nitrogens with one attached hydrogen (secondary N) is 4. The number of carbonyl (C=O) groups excluding carboxylic acids is 3. The minimum absolute atomic E-state index is 0.0695. The maximum atomic E-state index is 12.9. The third-order valence-electron chi connectivity index (χ3n) is 4.63. The van der Waals surface area contributed by atoms with Crippen molar-refractivity contribution in [2.45, 2.75) is 50.9 Å². The zero-order valence-corrected chi connectivity index (χ0v) is 20.0. The summed E-state index contributed by atoms with van der Waals surface area (Å²) in [4.78, 5) is 56.1. The Kier molecular flexibility index (Phi) is 12.2. The highest BCUT2D eigenvalue weighted by Crippen LogP contribution is 2.05. The Morgan fingerprint density at radius 3 is 2.28 bits per heavy atom. The lowest BCUT2D eigenvalue weighted by Gasteiger charge is -2.25. The van der Waals surface area contributed by atoms with Crippen molar-refractivity contribution in [2.75, 3.05) is 17.8 Å². The van der Waals surface area contributed by atoms with Gasteiger partial charge in [-0.2, -0.15) is 24.4 Å². The molecule has 0 aliphatic heterocycles. The number of nitrogens with two attached hydrogens (primary N) is 1. The number of rotatable bonds is 14. The van der Waals surface area contributed by atoms with Crippen LogP contribution in [0.1, 0.15) is 26.0 Å². The van der Waals surface area contributed by atoms with E-state index in [1.165, 1.54) is 12.5 Å². The van der Waals surface area contributed by atoms with Crippen LogP contribution in [-0.4, -0.2) is 80.7 Å². The minimum Gasteiger partial charge on any atom is -0.480 e. The van der Waals surface area contributed by atoms with E-state index in [1.54, 1.807) is 25.6 Å². The Bertz CT molecular complexity index is 761. The van der Waals surface area contributed by atoms with Gasteiger partial charge in [0.15, 0.2) is 0 Å². The van der Waals surface area contributed by atoms with Crippen LogP contribution in [0.15, 0.2) is 12.5 Å². The van der Waals surface area contributed by atoms with E-state index < -0.39 is 47.9 Å². The van der Waals surface area contributed by atoms with E-state index in [9.17, 15) is 24.3 Å². The second-order valence-corrected chi connectivity index (χ2v) is 8.89. The maximum absolute atomic E-state index is 12.9. The zero-order chi connectivity index (χ0) is 24.3. The average Bonchev–Trinajstić information content (AvgIpc) is 3.25. The Hall–Kier alpha value is -2.25. The molecule has 1 rings (SSSR count). The van der Waals surface area contributed by atoms with Gasteiger partial charge >= 0.3 is 5.97 Å². The summed E-state index contributed by atoms with van der Waals surface area (Å²) in [5.74, 6) is -2.72. The molecule has 1 aromatic heterocycles. The Morgan fingerprint density at radius 1 is 1.16 bits per heavy atom. The van der Waals surface area contributed by atoms with Crippen LogP contribution in [0.3, 0.4) is 0 Å². The molecular formula is C19H32N6O5S2. The van der Waals surface area contributed by atoms with Crippen molar-refractivity contribution in [3.05, 3.63) is 18.2 Å². The number of aliphatic carboxylic acids is 1. The number of carbonyl (C=O) groups is 4. The molecule has 0 radical (unpaired) electrons. The van der Waals surface area contributed by atoms with Crippen molar-refractivity contribution >= 4 is 48.1 Å². The number of H-pyrrole nitrogens is 1. The van der Waals surface area contributed by atoms with Gasteiger partial charge in [0, 0.05) is 24.1 Å². The smallest absolute Gasteiger partial charge is 0.326 e. The molecule has 1 aromatic rings. The molecule has 0 bridgehead atoms. The van der Waals surface area contributed by atoms with Crippen LogP contribution in [0.5, 0.6) is 0 Å². The Morgan fingerprint density at radius 2 is 1.78 bits per heavy atom. The van der Waals surface area contributed by atoms with Crippen molar-refractivity contribution < 1.29 is 24.3 Å². The Balaban J connectivity index is 2.90. The first-order valence-corrected chi connectivity index (χ1v) is 12.1. The van der Waals surface area contributed by atoms with Crippen LogP contribution >= 0.6 is 24.4 Å². The molecule has 0 saturated carbocycles. The highest BCUT2D eigenvalue weighted by atomic mass is 32.2. The minimum atomic E-state index is -1.18. The molecule has 32 heavy (non-hydrogen) atoms. The van der Waals surface area contributed by atoms with E-state index in [1.807, 2.05) is 6.26 Å². The van der Waals surface area contributed by atoms with Crippen LogP contribution < -0.4 is 21.7 Å². The van der Waals surface area contributed by atoms with Gasteiger partial charge in [-0.3, -0.25) is 14.4 Å². The second kappa shape index (κ2) is 14.0. The molecular weight excluding hydrogens is 456 g/mol. The topological polar surface area (TPSA) is 179 Å². The van der Waals surface area contributed by atoms with E-state index in [0.29, 0.717) is 17.9 Å². The largest absolute Gasteiger partial charge is 0.480 e. The molecule has 180 valence electrons. The summed E-state index contributed by atoms with van der Waals surface area (Å²) in [7, 11) is 0. The average molecular weight is 489 g/mol. The van der Waals surface area contributed by atoms with E-state index in [2.05, 4.69) is 38.5 Å². The molecule has 0 aromatic carbocycles. The number of thioether (sulfide) groups is 1. The van der Waals surface area contributed by atoms with Gasteiger partial charge in [-0.05, 0) is 24.3 Å². The van der Waals surface area contributed by atoms with Crippen LogP contribution in [0.4, 0.5) is 0 Å². The number of carboxylic acids is 1. The van der Waals surface area contributed by atoms with Gasteiger partial charge in [0.25, 0.3) is 0 Å². The summed E-state index contributed by atoms with van der Waals surface area (Å²) in [6.45, 7) is 3.31. The first-order valence-electron chi connectivity index (χ1n) is 10.1. The zero-order valence-electron chi connectivity index (χ0n) is 18.3. The molecule has 0 aliphatic carbocycles. The predicted molar refractivity (Wildman–Crippen MR) is 125 cm³/mol. The lowest BCUT2D eigenvalue weighted by Crippen LogP contribution is -2.58. The van der Waals surface area contributed by atoms with Gasteiger partial charge in [-0.1, -0.05) is 13.8 Å². The molecule has 7 N–H and O–H groups in total. The van der Waals surface area contributed by atoms with Crippen LogP contribution in [-0.2, 0) is 25.6 Å². The van der Waals surface area contributed by atoms with Crippen LogP contribution in [0, 0.1) is 5.92 Å². The van der Waals surface area contributed by atoms with E-state index in [-0.39, 0.29) is 18.1 Å². The van der Waals surface area contributed by atoms with Gasteiger partial charge < -0.3 is 31.8 Å². The fraction of sp³-hybridized carbons (Fsp3) is 0.632. The highest BCUT2D eigenvalue weighted by Gasteiger charge is 2.31. The number of carboxylic acid groups (broad SMARTS) is 1. The van der Waals surface area contributed by atoms with Crippen molar-refractivity contribution in [1.82, 2.24) is 25.9 Å². The molecule has 0 spiro atoms. The fourth-order valence-corrected chi connectivity index (χ4v) is 3.46. The first kappa shape index (κ1) is 27.8. The molecule has 1 heterocycles. The number of hydrogen-bond acceptors (Lipinski definition) is 8. The van der Waals surface area contributed by atoms with E-state index in [4.69, 9.17) is 5.73 Å². The van der Waals surface area contributed by atoms with Crippen molar-refractivity contribution in [1.29, 1.82) is 0 Å². The molecule has 13 heteroatoms. The standard InChI is InChI=1S/C19H32N6O5S2/c1-10(2)15(19(29)30)25-18(28)14(8-31)24-17(27)13(6-11-7-21-9-22-11)23-16(26)12(20)4-5-32-3/h7,9-10,12-15,31H,4-6,8,20H2,1-3H3,(H,21,22)(H,23,26)(H,24,27)(H,25,28)(H,29,30). The second-order valence-electron chi connectivity index (χ2n) is 7.54. The Labute approximate surface area is 196 Å². The molecule has 0 saturated heterocycles. The van der Waals surface area contributed by atoms with E-state index >= 15 is 0 Å². The molecule has 3 amide bonds. The molecule has 0 aliphatic rings. The number of hydrogen-bond donors (Lipinski definition) is 7. The van der Waals surface area contributed by atoms with Gasteiger partial charge in [0.05, 0.1) is 12.4 Å². The number of imidazole rings is 1. The summed E-state index contributed by atoms with van der Waals surface area (Å²) in [6, 6.07) is -4.03. The number of nitrogens with zero attached hydrogens (tertiary/aromatic N) is 1. The summed E-state index contributed by atoms with van der Waals surface area (Å²) < 4.78 is 0. The van der Waals surface area contributed by atoms with Gasteiger partial charge in [0.2, 0.25) is 17.7 Å². The summed E-state index contributed by atoms with van der Waals surface area (Å²) >= 11 is 5.66.